The summed E-state index contributed by atoms with van der Waals surface area (Å²) in [4.78, 5) is 23.3. The van der Waals surface area contributed by atoms with E-state index >= 15 is 0 Å². The van der Waals surface area contributed by atoms with Crippen molar-refractivity contribution >= 4 is 12.1 Å². The Kier molecular flexibility index (Phi) is 10.7. The van der Waals surface area contributed by atoms with Crippen molar-refractivity contribution in [3.05, 3.63) is 107 Å². The maximum Gasteiger partial charge on any atom is 0.192 e. The summed E-state index contributed by atoms with van der Waals surface area (Å²) in [5, 5.41) is 0. The number of ketones is 1. The standard InChI is InChI=1S/C31H35FO4/c1-3-27(20-14-23(2)31(34)25-16-18-26(32)19-17-25)35-29-12-5-4-6-13-30(29)36-28-11-7-9-24(15-21-28)10-8-22-33/h3,9,11,14-22,29-30H,2,4-8,10,12-13H2,1H3/b20-14-,27-3+. The van der Waals surface area contributed by atoms with E-state index < -0.39 is 0 Å². The molecule has 2 unspecified atom stereocenters. The third-order valence-electron chi connectivity index (χ3n) is 6.31. The van der Waals surface area contributed by atoms with Crippen LogP contribution < -0.4 is 0 Å². The SMILES string of the molecule is C=C(/C=C\C(=C/C)OC1CCCCCC1OC1=CCC=C(CCC=O)C=C1)C(=O)c1ccc(F)cc1. The van der Waals surface area contributed by atoms with E-state index in [0.29, 0.717) is 23.3 Å². The van der Waals surface area contributed by atoms with E-state index in [1.165, 1.54) is 24.3 Å². The lowest BCUT2D eigenvalue weighted by Gasteiger charge is -2.28. The van der Waals surface area contributed by atoms with E-state index in [4.69, 9.17) is 9.47 Å². The van der Waals surface area contributed by atoms with Gasteiger partial charge in [0.05, 0.1) is 0 Å². The molecule has 2 aliphatic carbocycles. The molecule has 1 aromatic carbocycles. The quantitative estimate of drug-likeness (QED) is 0.0804. The van der Waals surface area contributed by atoms with E-state index in [0.717, 1.165) is 62.6 Å². The number of rotatable bonds is 11. The highest BCUT2D eigenvalue weighted by Gasteiger charge is 2.28. The first-order valence-corrected chi connectivity index (χ1v) is 12.7. The molecule has 2 atom stereocenters. The van der Waals surface area contributed by atoms with Crippen LogP contribution in [0.5, 0.6) is 0 Å². The second kappa shape index (κ2) is 14.2. The summed E-state index contributed by atoms with van der Waals surface area (Å²) in [6.07, 6.45) is 21.3. The van der Waals surface area contributed by atoms with Crippen molar-refractivity contribution in [2.24, 2.45) is 0 Å². The average molecular weight is 491 g/mol. The Bertz CT molecular complexity index is 1070. The highest BCUT2D eigenvalue weighted by molar-refractivity contribution is 6.10. The minimum Gasteiger partial charge on any atom is -0.487 e. The molecule has 1 fully saturated rings. The zero-order chi connectivity index (χ0) is 25.8. The van der Waals surface area contributed by atoms with E-state index in [1.807, 2.05) is 25.2 Å². The predicted molar refractivity (Wildman–Crippen MR) is 141 cm³/mol. The molecule has 0 bridgehead atoms. The van der Waals surface area contributed by atoms with Gasteiger partial charge in [0, 0.05) is 17.6 Å². The summed E-state index contributed by atoms with van der Waals surface area (Å²) in [6, 6.07) is 5.43. The third kappa shape index (κ3) is 8.33. The van der Waals surface area contributed by atoms with Gasteiger partial charge < -0.3 is 14.3 Å². The maximum atomic E-state index is 13.2. The van der Waals surface area contributed by atoms with Gasteiger partial charge in [-0.05, 0) is 100 Å². The number of ether oxygens (including phenoxy) is 2. The smallest absolute Gasteiger partial charge is 0.192 e. The van der Waals surface area contributed by atoms with Gasteiger partial charge in [0.1, 0.15) is 35.8 Å². The Hall–Kier alpha value is -3.47. The van der Waals surface area contributed by atoms with Crippen molar-refractivity contribution < 1.29 is 23.5 Å². The highest BCUT2D eigenvalue weighted by atomic mass is 19.1. The fraction of sp³-hybridized carbons (Fsp3) is 0.355. The summed E-state index contributed by atoms with van der Waals surface area (Å²) in [5.41, 5.74) is 1.83. The number of hydrogen-bond donors (Lipinski definition) is 0. The van der Waals surface area contributed by atoms with Crippen LogP contribution in [0, 0.1) is 5.82 Å². The molecule has 0 saturated heterocycles. The van der Waals surface area contributed by atoms with Gasteiger partial charge in [-0.2, -0.15) is 0 Å². The van der Waals surface area contributed by atoms with Gasteiger partial charge >= 0.3 is 0 Å². The van der Waals surface area contributed by atoms with Crippen molar-refractivity contribution in [3.63, 3.8) is 0 Å². The molecule has 190 valence electrons. The summed E-state index contributed by atoms with van der Waals surface area (Å²) in [5.74, 6) is 0.822. The van der Waals surface area contributed by atoms with Gasteiger partial charge in [0.25, 0.3) is 0 Å². The summed E-state index contributed by atoms with van der Waals surface area (Å²) < 4.78 is 26.0. The molecule has 3 rings (SSSR count). The second-order valence-corrected chi connectivity index (χ2v) is 9.00. The van der Waals surface area contributed by atoms with Gasteiger partial charge in [-0.15, -0.1) is 0 Å². The number of halogens is 1. The number of carbonyl (C=O) groups excluding carboxylic acids is 2. The van der Waals surface area contributed by atoms with Gasteiger partial charge in [-0.1, -0.05) is 30.7 Å². The number of Topliss-reactive ketones (excluding diaryl/α,β-unsaturated/α-hetero) is 1. The van der Waals surface area contributed by atoms with Crippen molar-refractivity contribution in [1.29, 1.82) is 0 Å². The van der Waals surface area contributed by atoms with Crippen molar-refractivity contribution in [2.45, 2.75) is 70.5 Å². The monoisotopic (exact) mass is 490 g/mol. The van der Waals surface area contributed by atoms with Crippen molar-refractivity contribution in [3.8, 4) is 0 Å². The van der Waals surface area contributed by atoms with E-state index in [-0.39, 0.29) is 23.8 Å². The van der Waals surface area contributed by atoms with E-state index in [2.05, 4.69) is 18.7 Å². The first kappa shape index (κ1) is 27.1. The molecular formula is C31H35FO4. The molecule has 1 aromatic rings. The molecule has 0 spiro atoms. The maximum absolute atomic E-state index is 13.2. The lowest BCUT2D eigenvalue weighted by atomic mass is 10.0. The summed E-state index contributed by atoms with van der Waals surface area (Å²) >= 11 is 0. The van der Waals surface area contributed by atoms with Crippen LogP contribution in [0.2, 0.25) is 0 Å². The summed E-state index contributed by atoms with van der Waals surface area (Å²) in [6.45, 7) is 5.76. The predicted octanol–water partition coefficient (Wildman–Crippen LogP) is 7.51. The molecule has 36 heavy (non-hydrogen) atoms. The number of allylic oxidation sites excluding steroid dienone is 9. The van der Waals surface area contributed by atoms with Crippen LogP contribution in [0.1, 0.15) is 68.6 Å². The van der Waals surface area contributed by atoms with Crippen LogP contribution >= 0.6 is 0 Å². The van der Waals surface area contributed by atoms with Crippen molar-refractivity contribution in [1.82, 2.24) is 0 Å². The number of aldehydes is 1. The number of carbonyl (C=O) groups is 2. The molecule has 0 radical (unpaired) electrons. The molecule has 2 aliphatic rings. The normalized spacial score (nSPS) is 20.7. The molecule has 0 aliphatic heterocycles. The molecule has 0 heterocycles. The minimum absolute atomic E-state index is 0.0904. The van der Waals surface area contributed by atoms with Crippen LogP contribution in [0.3, 0.4) is 0 Å². The topological polar surface area (TPSA) is 52.6 Å². The van der Waals surface area contributed by atoms with E-state index in [1.54, 1.807) is 12.2 Å². The third-order valence-corrected chi connectivity index (χ3v) is 6.31. The van der Waals surface area contributed by atoms with Crippen LogP contribution in [0.4, 0.5) is 4.39 Å². The fourth-order valence-electron chi connectivity index (χ4n) is 4.26. The number of hydrogen-bond acceptors (Lipinski definition) is 4. The molecule has 1 saturated carbocycles. The molecule has 0 aromatic heterocycles. The van der Waals surface area contributed by atoms with E-state index in [9.17, 15) is 14.0 Å². The first-order valence-electron chi connectivity index (χ1n) is 12.7. The fourth-order valence-corrected chi connectivity index (χ4v) is 4.26. The van der Waals surface area contributed by atoms with Crippen molar-refractivity contribution in [2.75, 3.05) is 0 Å². The highest BCUT2D eigenvalue weighted by Crippen LogP contribution is 2.28. The first-order chi connectivity index (χ1) is 17.5. The van der Waals surface area contributed by atoms with Crippen LogP contribution in [0.25, 0.3) is 0 Å². The molecular weight excluding hydrogens is 455 g/mol. The zero-order valence-electron chi connectivity index (χ0n) is 21.0. The van der Waals surface area contributed by atoms with Gasteiger partial charge in [-0.25, -0.2) is 4.39 Å². The molecule has 0 N–H and O–H groups in total. The molecule has 0 amide bonds. The Morgan fingerprint density at radius 2 is 1.81 bits per heavy atom. The Labute approximate surface area is 213 Å². The van der Waals surface area contributed by atoms with Crippen LogP contribution in [-0.4, -0.2) is 24.3 Å². The van der Waals surface area contributed by atoms with Crippen LogP contribution in [-0.2, 0) is 14.3 Å². The average Bonchev–Trinajstić information content (AvgIpc) is 3.25. The lowest BCUT2D eigenvalue weighted by molar-refractivity contribution is -0.107. The Morgan fingerprint density at radius 3 is 2.53 bits per heavy atom. The number of benzene rings is 1. The Morgan fingerprint density at radius 1 is 1.06 bits per heavy atom. The van der Waals surface area contributed by atoms with Gasteiger partial charge in [-0.3, -0.25) is 4.79 Å². The minimum atomic E-state index is -0.387. The summed E-state index contributed by atoms with van der Waals surface area (Å²) in [7, 11) is 0. The molecule has 5 heteroatoms. The lowest BCUT2D eigenvalue weighted by Crippen LogP contribution is -2.30. The van der Waals surface area contributed by atoms with Crippen LogP contribution in [0.15, 0.2) is 96.0 Å². The van der Waals surface area contributed by atoms with Gasteiger partial charge in [0.2, 0.25) is 0 Å². The second-order valence-electron chi connectivity index (χ2n) is 9.00. The van der Waals surface area contributed by atoms with Gasteiger partial charge in [0.15, 0.2) is 5.78 Å². The Balaban J connectivity index is 1.63. The largest absolute Gasteiger partial charge is 0.487 e. The zero-order valence-corrected chi connectivity index (χ0v) is 21.0. The molecule has 4 nitrogen and oxygen atoms in total.